The molecule has 0 saturated carbocycles. The average molecular weight is 229 g/mol. The van der Waals surface area contributed by atoms with Crippen LogP contribution in [0.25, 0.3) is 0 Å². The summed E-state index contributed by atoms with van der Waals surface area (Å²) in [5.41, 5.74) is 0. The van der Waals surface area contributed by atoms with Gasteiger partial charge in [0.05, 0.1) is 6.61 Å². The highest BCUT2D eigenvalue weighted by atomic mass is 16.6. The van der Waals surface area contributed by atoms with Crippen molar-refractivity contribution in [2.75, 3.05) is 6.61 Å². The number of nitrogens with two attached hydrogens (primary N) is 1. The fraction of sp³-hybridized carbons (Fsp3) is 0.857. The van der Waals surface area contributed by atoms with E-state index in [0.29, 0.717) is 0 Å². The Kier molecular flexibility index (Phi) is 22.7. The molecule has 0 amide bonds. The molecule has 0 spiro atoms. The molecule has 0 aromatic rings. The van der Waals surface area contributed by atoms with Crippen molar-refractivity contribution in [3.63, 3.8) is 0 Å². The quantitative estimate of drug-likeness (QED) is 0.319. The van der Waals surface area contributed by atoms with Crippen LogP contribution in [0.1, 0.15) is 71.1 Å². The Morgan fingerprint density at radius 3 is 1.50 bits per heavy atom. The molecule has 0 atom stereocenters. The van der Waals surface area contributed by atoms with Gasteiger partial charge in [-0.25, -0.2) is 5.90 Å². The van der Waals surface area contributed by atoms with Gasteiger partial charge < -0.3 is 4.84 Å². The van der Waals surface area contributed by atoms with Crippen LogP contribution in [0.4, 0.5) is 0 Å². The summed E-state index contributed by atoms with van der Waals surface area (Å²) in [4.78, 5) is 4.51. The van der Waals surface area contributed by atoms with Gasteiger partial charge in [0.2, 0.25) is 0 Å². The SMILES string of the molecule is C=C.CCCCCCCCCCCCON. The largest absolute Gasteiger partial charge is 0.305 e. The van der Waals surface area contributed by atoms with Crippen LogP contribution in [0.3, 0.4) is 0 Å². The summed E-state index contributed by atoms with van der Waals surface area (Å²) in [5.74, 6) is 4.94. The zero-order valence-corrected chi connectivity index (χ0v) is 11.2. The summed E-state index contributed by atoms with van der Waals surface area (Å²) in [7, 11) is 0. The third-order valence-electron chi connectivity index (χ3n) is 2.62. The zero-order chi connectivity index (χ0) is 12.5. The Morgan fingerprint density at radius 2 is 1.12 bits per heavy atom. The van der Waals surface area contributed by atoms with Gasteiger partial charge in [0, 0.05) is 0 Å². The van der Waals surface area contributed by atoms with Crippen molar-refractivity contribution in [1.82, 2.24) is 0 Å². The van der Waals surface area contributed by atoms with Crippen LogP contribution in [-0.2, 0) is 4.84 Å². The smallest absolute Gasteiger partial charge is 0.0679 e. The lowest BCUT2D eigenvalue weighted by atomic mass is 10.1. The summed E-state index contributed by atoms with van der Waals surface area (Å²) in [6.45, 7) is 8.98. The van der Waals surface area contributed by atoms with Crippen molar-refractivity contribution in [3.05, 3.63) is 13.2 Å². The fourth-order valence-corrected chi connectivity index (χ4v) is 1.67. The molecule has 98 valence electrons. The number of hydrogen-bond acceptors (Lipinski definition) is 2. The second kappa shape index (κ2) is 20.1. The number of unbranched alkanes of at least 4 members (excludes halogenated alkanes) is 9. The first-order valence-corrected chi connectivity index (χ1v) is 6.73. The lowest BCUT2D eigenvalue weighted by Crippen LogP contribution is -2.00. The molecule has 0 fully saturated rings. The molecule has 0 saturated heterocycles. The summed E-state index contributed by atoms with van der Waals surface area (Å²) < 4.78 is 0. The van der Waals surface area contributed by atoms with Crippen LogP contribution in [0.5, 0.6) is 0 Å². The van der Waals surface area contributed by atoms with E-state index in [2.05, 4.69) is 24.9 Å². The van der Waals surface area contributed by atoms with Crippen molar-refractivity contribution in [1.29, 1.82) is 0 Å². The minimum atomic E-state index is 0.719. The molecule has 0 rings (SSSR count). The first-order valence-electron chi connectivity index (χ1n) is 6.73. The highest BCUT2D eigenvalue weighted by Crippen LogP contribution is 2.10. The minimum Gasteiger partial charge on any atom is -0.305 e. The highest BCUT2D eigenvalue weighted by Gasteiger charge is 1.91. The van der Waals surface area contributed by atoms with Crippen molar-refractivity contribution in [3.8, 4) is 0 Å². The fourth-order valence-electron chi connectivity index (χ4n) is 1.67. The minimum absolute atomic E-state index is 0.719. The molecule has 0 aromatic carbocycles. The van der Waals surface area contributed by atoms with E-state index in [4.69, 9.17) is 5.90 Å². The predicted octanol–water partition coefficient (Wildman–Crippen LogP) is 4.60. The Balaban J connectivity index is 0. The molecule has 0 aliphatic rings. The van der Waals surface area contributed by atoms with E-state index in [-0.39, 0.29) is 0 Å². The van der Waals surface area contributed by atoms with Crippen molar-refractivity contribution >= 4 is 0 Å². The standard InChI is InChI=1S/C12H27NO.C2H4/c1-2-3-4-5-6-7-8-9-10-11-12-14-13;1-2/h2-13H2,1H3;1-2H2. The maximum absolute atomic E-state index is 4.94. The second-order valence-electron chi connectivity index (χ2n) is 4.05. The van der Waals surface area contributed by atoms with Gasteiger partial charge in [-0.05, 0) is 6.42 Å². The van der Waals surface area contributed by atoms with Gasteiger partial charge in [0.15, 0.2) is 0 Å². The maximum atomic E-state index is 4.94. The zero-order valence-electron chi connectivity index (χ0n) is 11.2. The summed E-state index contributed by atoms with van der Waals surface area (Å²) in [6.07, 6.45) is 13.6. The van der Waals surface area contributed by atoms with Crippen LogP contribution < -0.4 is 5.90 Å². The summed E-state index contributed by atoms with van der Waals surface area (Å²) >= 11 is 0. The van der Waals surface area contributed by atoms with Gasteiger partial charge in [-0.3, -0.25) is 0 Å². The molecule has 0 aliphatic heterocycles. The third-order valence-corrected chi connectivity index (χ3v) is 2.62. The van der Waals surface area contributed by atoms with Crippen LogP contribution in [0, 0.1) is 0 Å². The molecule has 0 bridgehead atoms. The van der Waals surface area contributed by atoms with E-state index in [1.165, 1.54) is 57.8 Å². The van der Waals surface area contributed by atoms with Gasteiger partial charge in [-0.2, -0.15) is 0 Å². The molecule has 0 radical (unpaired) electrons. The predicted molar refractivity (Wildman–Crippen MR) is 73.2 cm³/mol. The topological polar surface area (TPSA) is 35.2 Å². The lowest BCUT2D eigenvalue weighted by Gasteiger charge is -2.01. The van der Waals surface area contributed by atoms with Gasteiger partial charge in [-0.15, -0.1) is 13.2 Å². The highest BCUT2D eigenvalue weighted by molar-refractivity contribution is 4.46. The molecule has 16 heavy (non-hydrogen) atoms. The van der Waals surface area contributed by atoms with Gasteiger partial charge in [-0.1, -0.05) is 64.7 Å². The van der Waals surface area contributed by atoms with Crippen LogP contribution in [-0.4, -0.2) is 6.61 Å². The Hall–Kier alpha value is -0.340. The Morgan fingerprint density at radius 1 is 0.750 bits per heavy atom. The van der Waals surface area contributed by atoms with E-state index < -0.39 is 0 Å². The second-order valence-corrected chi connectivity index (χ2v) is 4.05. The molecule has 0 unspecified atom stereocenters. The van der Waals surface area contributed by atoms with E-state index in [9.17, 15) is 0 Å². The molecular weight excluding hydrogens is 198 g/mol. The molecule has 2 N–H and O–H groups in total. The normalized spacial score (nSPS) is 9.62. The Bertz CT molecular complexity index is 94.9. The van der Waals surface area contributed by atoms with Crippen molar-refractivity contribution in [2.45, 2.75) is 71.1 Å². The average Bonchev–Trinajstić information content (AvgIpc) is 2.34. The first-order chi connectivity index (χ1) is 7.91. The van der Waals surface area contributed by atoms with Crippen LogP contribution in [0.15, 0.2) is 13.2 Å². The summed E-state index contributed by atoms with van der Waals surface area (Å²) in [5, 5.41) is 0. The van der Waals surface area contributed by atoms with E-state index in [1.54, 1.807) is 0 Å². The summed E-state index contributed by atoms with van der Waals surface area (Å²) in [6, 6.07) is 0. The van der Waals surface area contributed by atoms with Crippen molar-refractivity contribution in [2.24, 2.45) is 5.90 Å². The molecule has 0 heterocycles. The molecule has 0 aromatic heterocycles. The Labute approximate surface area is 102 Å². The molecular formula is C14H31NO. The van der Waals surface area contributed by atoms with Crippen LogP contribution >= 0.6 is 0 Å². The van der Waals surface area contributed by atoms with E-state index in [0.717, 1.165) is 13.0 Å². The van der Waals surface area contributed by atoms with E-state index in [1.807, 2.05) is 0 Å². The lowest BCUT2D eigenvalue weighted by molar-refractivity contribution is 0.133. The van der Waals surface area contributed by atoms with Gasteiger partial charge >= 0.3 is 0 Å². The molecule has 2 nitrogen and oxygen atoms in total. The van der Waals surface area contributed by atoms with Crippen molar-refractivity contribution < 1.29 is 4.84 Å². The first kappa shape index (κ1) is 18.0. The number of rotatable bonds is 11. The van der Waals surface area contributed by atoms with Gasteiger partial charge in [0.1, 0.15) is 0 Å². The monoisotopic (exact) mass is 229 g/mol. The molecule has 0 aliphatic carbocycles. The molecule has 2 heteroatoms. The third kappa shape index (κ3) is 19.3. The number of hydrogen-bond donors (Lipinski definition) is 1. The van der Waals surface area contributed by atoms with Crippen LogP contribution in [0.2, 0.25) is 0 Å². The van der Waals surface area contributed by atoms with E-state index >= 15 is 0 Å². The maximum Gasteiger partial charge on any atom is 0.0679 e. The van der Waals surface area contributed by atoms with Gasteiger partial charge in [0.25, 0.3) is 0 Å².